The second-order valence-corrected chi connectivity index (χ2v) is 6.07. The van der Waals surface area contributed by atoms with Gasteiger partial charge in [-0.2, -0.15) is 0 Å². The van der Waals surface area contributed by atoms with Crippen molar-refractivity contribution >= 4 is 30.7 Å². The van der Waals surface area contributed by atoms with Gasteiger partial charge in [-0.3, -0.25) is 4.79 Å². The molecule has 0 saturated heterocycles. The van der Waals surface area contributed by atoms with Crippen LogP contribution in [0.3, 0.4) is 0 Å². The average Bonchev–Trinajstić information content (AvgIpc) is 3.04. The summed E-state index contributed by atoms with van der Waals surface area (Å²) in [5.41, 5.74) is 5.99. The number of carbonyl (C=O) groups excluding carboxylic acids is 1. The van der Waals surface area contributed by atoms with Gasteiger partial charge in [0, 0.05) is 31.5 Å². The van der Waals surface area contributed by atoms with E-state index in [0.29, 0.717) is 24.8 Å². The van der Waals surface area contributed by atoms with E-state index in [4.69, 9.17) is 5.73 Å². The SMILES string of the molecule is Cl.Cl.N[C@@H]1CCC[C@H]1CC(=O)NCCn1cnnc1C1CC1. The minimum absolute atomic E-state index is 0. The highest BCUT2D eigenvalue weighted by Crippen LogP contribution is 2.38. The largest absolute Gasteiger partial charge is 0.354 e. The van der Waals surface area contributed by atoms with Crippen molar-refractivity contribution in [3.05, 3.63) is 12.2 Å². The maximum absolute atomic E-state index is 11.9. The van der Waals surface area contributed by atoms with E-state index in [1.807, 2.05) is 0 Å². The number of nitrogens with zero attached hydrogens (tertiary/aromatic N) is 3. The van der Waals surface area contributed by atoms with Gasteiger partial charge in [0.25, 0.3) is 0 Å². The van der Waals surface area contributed by atoms with E-state index < -0.39 is 0 Å². The van der Waals surface area contributed by atoms with Gasteiger partial charge in [0.2, 0.25) is 5.91 Å². The Morgan fingerprint density at radius 3 is 2.73 bits per heavy atom. The third-order valence-electron chi connectivity index (χ3n) is 4.43. The molecule has 1 aromatic rings. The predicted molar refractivity (Wildman–Crippen MR) is 89.4 cm³/mol. The molecular weight excluding hydrogens is 325 g/mol. The van der Waals surface area contributed by atoms with Crippen LogP contribution in [0.2, 0.25) is 0 Å². The Kier molecular flexibility index (Phi) is 7.59. The van der Waals surface area contributed by atoms with Gasteiger partial charge in [0.05, 0.1) is 0 Å². The fourth-order valence-corrected chi connectivity index (χ4v) is 3.04. The summed E-state index contributed by atoms with van der Waals surface area (Å²) in [5, 5.41) is 11.1. The summed E-state index contributed by atoms with van der Waals surface area (Å²) >= 11 is 0. The van der Waals surface area contributed by atoms with Crippen molar-refractivity contribution in [2.75, 3.05) is 6.54 Å². The van der Waals surface area contributed by atoms with Crippen LogP contribution in [0.5, 0.6) is 0 Å². The molecule has 1 aromatic heterocycles. The molecule has 2 atom stereocenters. The van der Waals surface area contributed by atoms with Gasteiger partial charge in [-0.15, -0.1) is 35.0 Å². The van der Waals surface area contributed by atoms with Gasteiger partial charge in [0.1, 0.15) is 12.2 Å². The summed E-state index contributed by atoms with van der Waals surface area (Å²) in [4.78, 5) is 11.9. The van der Waals surface area contributed by atoms with Crippen molar-refractivity contribution in [2.45, 2.75) is 57.0 Å². The first kappa shape index (κ1) is 19.2. The Morgan fingerprint density at radius 1 is 1.32 bits per heavy atom. The Labute approximate surface area is 143 Å². The quantitative estimate of drug-likeness (QED) is 0.817. The number of nitrogens with one attached hydrogen (secondary N) is 1. The molecule has 8 heteroatoms. The van der Waals surface area contributed by atoms with Gasteiger partial charge >= 0.3 is 0 Å². The van der Waals surface area contributed by atoms with E-state index in [1.165, 1.54) is 12.8 Å². The average molecular weight is 350 g/mol. The zero-order chi connectivity index (χ0) is 13.9. The molecule has 1 heterocycles. The number of rotatable bonds is 6. The minimum Gasteiger partial charge on any atom is -0.354 e. The van der Waals surface area contributed by atoms with E-state index in [1.54, 1.807) is 6.33 Å². The summed E-state index contributed by atoms with van der Waals surface area (Å²) in [6.45, 7) is 1.39. The molecule has 6 nitrogen and oxygen atoms in total. The van der Waals surface area contributed by atoms with Crippen molar-refractivity contribution < 1.29 is 4.79 Å². The Morgan fingerprint density at radius 2 is 2.09 bits per heavy atom. The fraction of sp³-hybridized carbons (Fsp3) is 0.786. The summed E-state index contributed by atoms with van der Waals surface area (Å²) < 4.78 is 2.05. The highest BCUT2D eigenvalue weighted by Gasteiger charge is 2.28. The van der Waals surface area contributed by atoms with E-state index in [9.17, 15) is 4.79 Å². The van der Waals surface area contributed by atoms with Gasteiger partial charge in [-0.05, 0) is 31.6 Å². The Hall–Kier alpha value is -0.850. The predicted octanol–water partition coefficient (Wildman–Crippen LogP) is 1.63. The molecular formula is C14H25Cl2N5O. The van der Waals surface area contributed by atoms with Gasteiger partial charge in [-0.1, -0.05) is 6.42 Å². The van der Waals surface area contributed by atoms with Crippen LogP contribution >= 0.6 is 24.8 Å². The van der Waals surface area contributed by atoms with Crippen molar-refractivity contribution in [1.82, 2.24) is 20.1 Å². The Balaban J connectivity index is 0.00000121. The molecule has 0 unspecified atom stereocenters. The van der Waals surface area contributed by atoms with Crippen LogP contribution < -0.4 is 11.1 Å². The van der Waals surface area contributed by atoms with Crippen LogP contribution in [0, 0.1) is 5.92 Å². The highest BCUT2D eigenvalue weighted by atomic mass is 35.5. The van der Waals surface area contributed by atoms with E-state index in [-0.39, 0.29) is 36.8 Å². The lowest BCUT2D eigenvalue weighted by molar-refractivity contribution is -0.122. The number of hydrogen-bond donors (Lipinski definition) is 2. The molecule has 2 aliphatic carbocycles. The molecule has 0 bridgehead atoms. The second kappa shape index (κ2) is 8.70. The highest BCUT2D eigenvalue weighted by molar-refractivity contribution is 5.85. The summed E-state index contributed by atoms with van der Waals surface area (Å²) in [5.74, 6) is 2.14. The topological polar surface area (TPSA) is 85.8 Å². The first-order valence-electron chi connectivity index (χ1n) is 7.64. The number of halogens is 2. The van der Waals surface area contributed by atoms with Crippen molar-refractivity contribution in [3.8, 4) is 0 Å². The minimum atomic E-state index is 0. The zero-order valence-corrected chi connectivity index (χ0v) is 14.2. The first-order valence-corrected chi connectivity index (χ1v) is 7.64. The van der Waals surface area contributed by atoms with Crippen LogP contribution in [0.1, 0.15) is 50.3 Å². The van der Waals surface area contributed by atoms with Crippen LogP contribution in [0.4, 0.5) is 0 Å². The molecule has 0 spiro atoms. The maximum atomic E-state index is 11.9. The lowest BCUT2D eigenvalue weighted by atomic mass is 10.00. The lowest BCUT2D eigenvalue weighted by Crippen LogP contribution is -2.33. The standard InChI is InChI=1S/C14H23N5O.2ClH/c15-12-3-1-2-11(12)8-13(20)16-6-7-19-9-17-18-14(19)10-4-5-10;;/h9-12H,1-8,15H2,(H,16,20);2*1H/t11-,12+;;/m0../s1. The van der Waals surface area contributed by atoms with Crippen molar-refractivity contribution in [2.24, 2.45) is 11.7 Å². The van der Waals surface area contributed by atoms with Gasteiger partial charge in [-0.25, -0.2) is 0 Å². The summed E-state index contributed by atoms with van der Waals surface area (Å²) in [7, 11) is 0. The fourth-order valence-electron chi connectivity index (χ4n) is 3.04. The number of carbonyl (C=O) groups is 1. The zero-order valence-electron chi connectivity index (χ0n) is 12.6. The molecule has 2 fully saturated rings. The second-order valence-electron chi connectivity index (χ2n) is 6.07. The van der Waals surface area contributed by atoms with Crippen LogP contribution in [-0.2, 0) is 11.3 Å². The summed E-state index contributed by atoms with van der Waals surface area (Å²) in [6.07, 6.45) is 8.06. The lowest BCUT2D eigenvalue weighted by Gasteiger charge is -2.15. The van der Waals surface area contributed by atoms with E-state index in [0.717, 1.165) is 31.6 Å². The molecule has 3 rings (SSSR count). The normalized spacial score (nSPS) is 23.5. The molecule has 1 amide bonds. The molecule has 3 N–H and O–H groups in total. The van der Waals surface area contributed by atoms with Gasteiger partial charge in [0.15, 0.2) is 0 Å². The third-order valence-corrected chi connectivity index (χ3v) is 4.43. The number of hydrogen-bond acceptors (Lipinski definition) is 4. The number of amides is 1. The van der Waals surface area contributed by atoms with E-state index >= 15 is 0 Å². The van der Waals surface area contributed by atoms with Crippen molar-refractivity contribution in [1.29, 1.82) is 0 Å². The van der Waals surface area contributed by atoms with E-state index in [2.05, 4.69) is 20.1 Å². The smallest absolute Gasteiger partial charge is 0.220 e. The molecule has 2 aliphatic rings. The molecule has 126 valence electrons. The third kappa shape index (κ3) is 4.83. The molecule has 0 radical (unpaired) electrons. The molecule has 22 heavy (non-hydrogen) atoms. The summed E-state index contributed by atoms with van der Waals surface area (Å²) in [6, 6.07) is 0.208. The van der Waals surface area contributed by atoms with Gasteiger partial charge < -0.3 is 15.6 Å². The first-order chi connectivity index (χ1) is 9.74. The maximum Gasteiger partial charge on any atom is 0.220 e. The Bertz CT molecular complexity index is 478. The monoisotopic (exact) mass is 349 g/mol. The van der Waals surface area contributed by atoms with Crippen molar-refractivity contribution in [3.63, 3.8) is 0 Å². The van der Waals surface area contributed by atoms with Crippen LogP contribution in [-0.4, -0.2) is 33.3 Å². The molecule has 0 aromatic carbocycles. The van der Waals surface area contributed by atoms with Crippen LogP contribution in [0.25, 0.3) is 0 Å². The molecule has 0 aliphatic heterocycles. The number of nitrogens with two attached hydrogens (primary N) is 1. The number of aromatic nitrogens is 3. The molecule has 2 saturated carbocycles. The van der Waals surface area contributed by atoms with Crippen LogP contribution in [0.15, 0.2) is 6.33 Å².